The summed E-state index contributed by atoms with van der Waals surface area (Å²) < 4.78 is 27.6. The van der Waals surface area contributed by atoms with Crippen LogP contribution in [0.1, 0.15) is 23.6 Å². The average molecular weight is 313 g/mol. The van der Waals surface area contributed by atoms with E-state index < -0.39 is 10.0 Å². The molecule has 2 aromatic carbocycles. The van der Waals surface area contributed by atoms with E-state index in [2.05, 4.69) is 0 Å². The first-order valence-electron chi connectivity index (χ1n) is 7.29. The van der Waals surface area contributed by atoms with Crippen molar-refractivity contribution < 1.29 is 8.42 Å². The van der Waals surface area contributed by atoms with Gasteiger partial charge < -0.3 is 0 Å². The summed E-state index contributed by atoms with van der Waals surface area (Å²) in [7, 11) is -3.57. The first-order valence-corrected chi connectivity index (χ1v) is 8.73. The van der Waals surface area contributed by atoms with E-state index in [1.165, 1.54) is 4.31 Å². The molecule has 0 spiro atoms. The van der Waals surface area contributed by atoms with Gasteiger partial charge in [-0.3, -0.25) is 4.31 Å². The molecule has 0 bridgehead atoms. The largest absolute Gasteiger partial charge is 0.264 e. The molecule has 1 atom stereocenters. The van der Waals surface area contributed by atoms with E-state index in [1.54, 1.807) is 12.1 Å². The Labute approximate surface area is 132 Å². The third-order valence-corrected chi connectivity index (χ3v) is 5.84. The molecule has 0 aliphatic carbocycles. The van der Waals surface area contributed by atoms with Gasteiger partial charge in [-0.05, 0) is 50.6 Å². The van der Waals surface area contributed by atoms with Crippen molar-refractivity contribution in [2.24, 2.45) is 0 Å². The fourth-order valence-corrected chi connectivity index (χ4v) is 4.36. The van der Waals surface area contributed by atoms with Crippen LogP contribution in [0, 0.1) is 13.8 Å². The summed E-state index contributed by atoms with van der Waals surface area (Å²) in [6.07, 6.45) is 3.92. The fraction of sp³-hybridized carbons (Fsp3) is 0.222. The molecule has 0 N–H and O–H groups in total. The van der Waals surface area contributed by atoms with Crippen molar-refractivity contribution >= 4 is 21.8 Å². The fourth-order valence-electron chi connectivity index (χ4n) is 2.72. The summed E-state index contributed by atoms with van der Waals surface area (Å²) >= 11 is 0. The number of sulfonamides is 1. The molecule has 0 unspecified atom stereocenters. The van der Waals surface area contributed by atoms with Crippen molar-refractivity contribution in [3.8, 4) is 0 Å². The van der Waals surface area contributed by atoms with Crippen molar-refractivity contribution in [1.82, 2.24) is 0 Å². The second-order valence-corrected chi connectivity index (χ2v) is 7.59. The number of benzene rings is 2. The van der Waals surface area contributed by atoms with Gasteiger partial charge in [-0.2, -0.15) is 0 Å². The predicted octanol–water partition coefficient (Wildman–Crippen LogP) is 3.91. The second-order valence-electron chi connectivity index (χ2n) is 5.78. The molecule has 0 amide bonds. The topological polar surface area (TPSA) is 37.4 Å². The van der Waals surface area contributed by atoms with Gasteiger partial charge >= 0.3 is 0 Å². The maximum Gasteiger partial charge on any atom is 0.264 e. The van der Waals surface area contributed by atoms with E-state index in [-0.39, 0.29) is 6.04 Å². The lowest BCUT2D eigenvalue weighted by Gasteiger charge is -2.33. The summed E-state index contributed by atoms with van der Waals surface area (Å²) in [6, 6.07) is 12.6. The minimum absolute atomic E-state index is 0.207. The number of rotatable bonds is 2. The number of hydrogen-bond acceptors (Lipinski definition) is 2. The molecule has 1 aliphatic rings. The van der Waals surface area contributed by atoms with Crippen LogP contribution >= 0.6 is 0 Å². The quantitative estimate of drug-likeness (QED) is 0.843. The van der Waals surface area contributed by atoms with E-state index >= 15 is 0 Å². The van der Waals surface area contributed by atoms with Crippen LogP contribution in [0.5, 0.6) is 0 Å². The lowest BCUT2D eigenvalue weighted by atomic mass is 10.0. The highest BCUT2D eigenvalue weighted by atomic mass is 32.2. The average Bonchev–Trinajstić information content (AvgIpc) is 2.47. The normalized spacial score (nSPS) is 17.4. The van der Waals surface area contributed by atoms with Crippen LogP contribution in [-0.4, -0.2) is 14.5 Å². The van der Waals surface area contributed by atoms with Gasteiger partial charge in [-0.1, -0.05) is 41.5 Å². The molecule has 0 saturated carbocycles. The summed E-state index contributed by atoms with van der Waals surface area (Å²) in [4.78, 5) is 0.326. The monoisotopic (exact) mass is 313 g/mol. The molecule has 0 fully saturated rings. The SMILES string of the molecule is Cc1ccc(S(=O)(=O)N2c3ccc(C)cc3C=C[C@@H]2C)cc1. The lowest BCUT2D eigenvalue weighted by molar-refractivity contribution is 0.587. The van der Waals surface area contributed by atoms with Gasteiger partial charge in [0.05, 0.1) is 16.6 Å². The van der Waals surface area contributed by atoms with Crippen LogP contribution < -0.4 is 4.31 Å². The molecule has 1 heterocycles. The zero-order valence-corrected chi connectivity index (χ0v) is 13.8. The minimum Gasteiger partial charge on any atom is -0.259 e. The number of aryl methyl sites for hydroxylation is 2. The maximum absolute atomic E-state index is 13.0. The van der Waals surface area contributed by atoms with Gasteiger partial charge in [-0.25, -0.2) is 8.42 Å². The highest BCUT2D eigenvalue weighted by Gasteiger charge is 2.31. The Hall–Kier alpha value is -2.07. The molecule has 3 rings (SSSR count). The van der Waals surface area contributed by atoms with Gasteiger partial charge in [-0.15, -0.1) is 0 Å². The first-order chi connectivity index (χ1) is 10.4. The van der Waals surface area contributed by atoms with Crippen molar-refractivity contribution in [2.45, 2.75) is 31.7 Å². The predicted molar refractivity (Wildman–Crippen MR) is 90.5 cm³/mol. The summed E-state index contributed by atoms with van der Waals surface area (Å²) in [6.45, 7) is 5.84. The zero-order chi connectivity index (χ0) is 15.9. The van der Waals surface area contributed by atoms with Crippen LogP contribution in [0.3, 0.4) is 0 Å². The van der Waals surface area contributed by atoms with Gasteiger partial charge in [0.15, 0.2) is 0 Å². The molecular formula is C18H19NO2S. The van der Waals surface area contributed by atoms with Crippen LogP contribution in [0.15, 0.2) is 53.4 Å². The van der Waals surface area contributed by atoms with E-state index in [0.29, 0.717) is 4.90 Å². The number of fused-ring (bicyclic) bond motifs is 1. The number of nitrogens with zero attached hydrogens (tertiary/aromatic N) is 1. The minimum atomic E-state index is -3.57. The van der Waals surface area contributed by atoms with Gasteiger partial charge in [0.25, 0.3) is 10.0 Å². The molecule has 0 radical (unpaired) electrons. The third kappa shape index (κ3) is 2.44. The van der Waals surface area contributed by atoms with Crippen LogP contribution in [0.4, 0.5) is 5.69 Å². The summed E-state index contributed by atoms with van der Waals surface area (Å²) in [5.41, 5.74) is 3.84. The standard InChI is InChI=1S/C18H19NO2S/c1-13-4-9-17(10-5-13)22(20,21)19-15(3)7-8-16-12-14(2)6-11-18(16)19/h4-12,15H,1-3H3/t15-/m0/s1. The van der Waals surface area contributed by atoms with Crippen LogP contribution in [-0.2, 0) is 10.0 Å². The number of hydrogen-bond donors (Lipinski definition) is 0. The van der Waals surface area contributed by atoms with E-state index in [0.717, 1.165) is 22.4 Å². The highest BCUT2D eigenvalue weighted by Crippen LogP contribution is 2.34. The molecule has 0 saturated heterocycles. The maximum atomic E-state index is 13.0. The molecule has 114 valence electrons. The Bertz CT molecular complexity index is 836. The molecule has 22 heavy (non-hydrogen) atoms. The molecule has 4 heteroatoms. The molecule has 0 aromatic heterocycles. The molecular weight excluding hydrogens is 294 g/mol. The highest BCUT2D eigenvalue weighted by molar-refractivity contribution is 7.92. The Balaban J connectivity index is 2.14. The first kappa shape index (κ1) is 14.9. The smallest absolute Gasteiger partial charge is 0.259 e. The third-order valence-electron chi connectivity index (χ3n) is 3.92. The Morgan fingerprint density at radius 3 is 2.27 bits per heavy atom. The van der Waals surface area contributed by atoms with Crippen molar-refractivity contribution in [2.75, 3.05) is 4.31 Å². The van der Waals surface area contributed by atoms with Crippen molar-refractivity contribution in [1.29, 1.82) is 0 Å². The summed E-state index contributed by atoms with van der Waals surface area (Å²) in [5.74, 6) is 0. The molecule has 3 nitrogen and oxygen atoms in total. The van der Waals surface area contributed by atoms with E-state index in [1.807, 2.05) is 63.3 Å². The van der Waals surface area contributed by atoms with Crippen molar-refractivity contribution in [3.63, 3.8) is 0 Å². The summed E-state index contributed by atoms with van der Waals surface area (Å²) in [5, 5.41) is 0. The number of anilines is 1. The van der Waals surface area contributed by atoms with Gasteiger partial charge in [0, 0.05) is 0 Å². The van der Waals surface area contributed by atoms with E-state index in [4.69, 9.17) is 0 Å². The Kier molecular flexibility index (Phi) is 3.57. The zero-order valence-electron chi connectivity index (χ0n) is 12.9. The molecule has 2 aromatic rings. The van der Waals surface area contributed by atoms with Gasteiger partial charge in [0.1, 0.15) is 0 Å². The van der Waals surface area contributed by atoms with Crippen molar-refractivity contribution in [3.05, 3.63) is 65.2 Å². The Morgan fingerprint density at radius 2 is 1.59 bits per heavy atom. The lowest BCUT2D eigenvalue weighted by Crippen LogP contribution is -2.39. The second kappa shape index (κ2) is 5.29. The van der Waals surface area contributed by atoms with E-state index in [9.17, 15) is 8.42 Å². The molecule has 1 aliphatic heterocycles. The van der Waals surface area contributed by atoms with Gasteiger partial charge in [0.2, 0.25) is 0 Å². The van der Waals surface area contributed by atoms with Crippen LogP contribution in [0.25, 0.3) is 6.08 Å². The Morgan fingerprint density at radius 1 is 0.955 bits per heavy atom. The van der Waals surface area contributed by atoms with Crippen LogP contribution in [0.2, 0.25) is 0 Å².